The number of rotatable bonds is 1. The van der Waals surface area contributed by atoms with Crippen molar-refractivity contribution in [2.75, 3.05) is 0 Å². The van der Waals surface area contributed by atoms with Gasteiger partial charge in [0.25, 0.3) is 0 Å². The van der Waals surface area contributed by atoms with Gasteiger partial charge in [0.15, 0.2) is 0 Å². The van der Waals surface area contributed by atoms with Crippen molar-refractivity contribution in [3.63, 3.8) is 0 Å². The number of hydrogen-bond acceptors (Lipinski definition) is 1. The molecule has 1 atom stereocenters. The van der Waals surface area contributed by atoms with Gasteiger partial charge in [0, 0.05) is 0 Å². The third-order valence-corrected chi connectivity index (χ3v) is 3.33. The van der Waals surface area contributed by atoms with Crippen molar-refractivity contribution in [3.05, 3.63) is 53.1 Å². The first-order valence-corrected chi connectivity index (χ1v) is 5.46. The third-order valence-electron chi connectivity index (χ3n) is 3.33. The highest BCUT2D eigenvalue weighted by atomic mass is 16.1. The van der Waals surface area contributed by atoms with E-state index in [0.29, 0.717) is 0 Å². The van der Waals surface area contributed by atoms with E-state index in [1.54, 1.807) is 0 Å². The molecule has 0 aromatic heterocycles. The summed E-state index contributed by atoms with van der Waals surface area (Å²) in [5.74, 6) is -0.0545. The molecule has 1 nitrogen and oxygen atoms in total. The minimum atomic E-state index is -0.0545. The van der Waals surface area contributed by atoms with Gasteiger partial charge >= 0.3 is 0 Å². The van der Waals surface area contributed by atoms with Gasteiger partial charge in [-0.15, -0.1) is 0 Å². The lowest BCUT2D eigenvalue weighted by Crippen LogP contribution is -1.98. The van der Waals surface area contributed by atoms with E-state index in [2.05, 4.69) is 30.3 Å². The monoisotopic (exact) mass is 208 g/mol. The Morgan fingerprint density at radius 3 is 2.75 bits per heavy atom. The van der Waals surface area contributed by atoms with Crippen LogP contribution in [0, 0.1) is 0 Å². The highest BCUT2D eigenvalue weighted by molar-refractivity contribution is 5.95. The van der Waals surface area contributed by atoms with Crippen molar-refractivity contribution >= 4 is 23.1 Å². The zero-order chi connectivity index (χ0) is 11.1. The van der Waals surface area contributed by atoms with Crippen LogP contribution in [0.2, 0.25) is 0 Å². The summed E-state index contributed by atoms with van der Waals surface area (Å²) >= 11 is 0. The predicted molar refractivity (Wildman–Crippen MR) is 66.4 cm³/mol. The molecule has 0 saturated carbocycles. The van der Waals surface area contributed by atoms with Crippen molar-refractivity contribution in [2.45, 2.75) is 12.8 Å². The number of carbonyl (C=O) groups excluding carboxylic acids is 1. The Balaban J connectivity index is 2.38. The standard InChI is InChI=1S/C15H12O/c1-10-8-12-7-6-11-4-2-3-5-13(11)15(12)14(10)9-16/h2-9,14H,1H3. The van der Waals surface area contributed by atoms with E-state index in [9.17, 15) is 4.79 Å². The summed E-state index contributed by atoms with van der Waals surface area (Å²) in [5.41, 5.74) is 3.50. The van der Waals surface area contributed by atoms with Gasteiger partial charge in [-0.1, -0.05) is 48.0 Å². The molecule has 0 saturated heterocycles. The predicted octanol–water partition coefficient (Wildman–Crippen LogP) is 3.54. The quantitative estimate of drug-likeness (QED) is 0.655. The van der Waals surface area contributed by atoms with Crippen LogP contribution in [0.3, 0.4) is 0 Å². The minimum Gasteiger partial charge on any atom is -0.302 e. The molecular weight excluding hydrogens is 196 g/mol. The molecule has 16 heavy (non-hydrogen) atoms. The van der Waals surface area contributed by atoms with E-state index < -0.39 is 0 Å². The van der Waals surface area contributed by atoms with Crippen LogP contribution in [0.5, 0.6) is 0 Å². The average molecular weight is 208 g/mol. The van der Waals surface area contributed by atoms with Crippen LogP contribution in [-0.4, -0.2) is 6.29 Å². The highest BCUT2D eigenvalue weighted by Gasteiger charge is 2.23. The SMILES string of the molecule is CC1=Cc2ccc3ccccc3c2C1C=O. The molecule has 0 heterocycles. The molecule has 0 aliphatic heterocycles. The second-order valence-corrected chi connectivity index (χ2v) is 4.29. The summed E-state index contributed by atoms with van der Waals surface area (Å²) in [4.78, 5) is 11.2. The van der Waals surface area contributed by atoms with Crippen LogP contribution in [-0.2, 0) is 4.79 Å². The number of carbonyl (C=O) groups is 1. The number of fused-ring (bicyclic) bond motifs is 3. The smallest absolute Gasteiger partial charge is 0.131 e. The van der Waals surface area contributed by atoms with Crippen molar-refractivity contribution in [1.82, 2.24) is 0 Å². The molecular formula is C15H12O. The molecule has 1 heteroatoms. The summed E-state index contributed by atoms with van der Waals surface area (Å²) in [5, 5.41) is 2.40. The van der Waals surface area contributed by atoms with E-state index in [1.807, 2.05) is 19.1 Å². The molecule has 2 aromatic carbocycles. The fraction of sp³-hybridized carbons (Fsp3) is 0.133. The minimum absolute atomic E-state index is 0.0545. The van der Waals surface area contributed by atoms with E-state index in [0.717, 1.165) is 11.9 Å². The van der Waals surface area contributed by atoms with Crippen LogP contribution in [0.1, 0.15) is 24.0 Å². The maximum Gasteiger partial charge on any atom is 0.131 e. The van der Waals surface area contributed by atoms with Crippen molar-refractivity contribution < 1.29 is 4.79 Å². The fourth-order valence-electron chi connectivity index (χ4n) is 2.52. The lowest BCUT2D eigenvalue weighted by molar-refractivity contribution is -0.108. The maximum absolute atomic E-state index is 11.2. The van der Waals surface area contributed by atoms with Gasteiger partial charge in [0.05, 0.1) is 5.92 Å². The molecule has 0 bridgehead atoms. The van der Waals surface area contributed by atoms with Crippen LogP contribution in [0.4, 0.5) is 0 Å². The average Bonchev–Trinajstić information content (AvgIpc) is 2.65. The Kier molecular flexibility index (Phi) is 1.93. The van der Waals surface area contributed by atoms with Gasteiger partial charge in [-0.2, -0.15) is 0 Å². The van der Waals surface area contributed by atoms with Gasteiger partial charge in [-0.25, -0.2) is 0 Å². The Bertz CT molecular complexity index is 608. The molecule has 2 aromatic rings. The highest BCUT2D eigenvalue weighted by Crippen LogP contribution is 2.39. The van der Waals surface area contributed by atoms with Gasteiger partial charge < -0.3 is 4.79 Å². The molecule has 1 aliphatic carbocycles. The summed E-state index contributed by atoms with van der Waals surface area (Å²) in [7, 11) is 0. The summed E-state index contributed by atoms with van der Waals surface area (Å²) in [6.07, 6.45) is 3.16. The number of aldehydes is 1. The number of benzene rings is 2. The topological polar surface area (TPSA) is 17.1 Å². The van der Waals surface area contributed by atoms with Crippen LogP contribution >= 0.6 is 0 Å². The van der Waals surface area contributed by atoms with E-state index >= 15 is 0 Å². The van der Waals surface area contributed by atoms with Crippen molar-refractivity contribution in [2.24, 2.45) is 0 Å². The number of hydrogen-bond donors (Lipinski definition) is 0. The summed E-state index contributed by atoms with van der Waals surface area (Å²) in [6.45, 7) is 2.02. The molecule has 0 spiro atoms. The van der Waals surface area contributed by atoms with E-state index in [1.165, 1.54) is 21.9 Å². The van der Waals surface area contributed by atoms with Crippen LogP contribution in [0.15, 0.2) is 42.0 Å². The van der Waals surface area contributed by atoms with Crippen molar-refractivity contribution in [3.8, 4) is 0 Å². The van der Waals surface area contributed by atoms with Crippen LogP contribution < -0.4 is 0 Å². The molecule has 1 unspecified atom stereocenters. The van der Waals surface area contributed by atoms with Crippen molar-refractivity contribution in [1.29, 1.82) is 0 Å². The summed E-state index contributed by atoms with van der Waals surface area (Å²) in [6, 6.07) is 12.5. The van der Waals surface area contributed by atoms with Gasteiger partial charge in [0.2, 0.25) is 0 Å². The van der Waals surface area contributed by atoms with Crippen LogP contribution in [0.25, 0.3) is 16.8 Å². The second-order valence-electron chi connectivity index (χ2n) is 4.29. The first kappa shape index (κ1) is 9.34. The van der Waals surface area contributed by atoms with Gasteiger partial charge in [0.1, 0.15) is 6.29 Å². The molecule has 0 amide bonds. The maximum atomic E-state index is 11.2. The zero-order valence-corrected chi connectivity index (χ0v) is 9.10. The lowest BCUT2D eigenvalue weighted by Gasteiger charge is -2.10. The Morgan fingerprint density at radius 1 is 1.12 bits per heavy atom. The molecule has 1 aliphatic rings. The normalized spacial score (nSPS) is 18.3. The molecule has 0 fully saturated rings. The molecule has 78 valence electrons. The zero-order valence-electron chi connectivity index (χ0n) is 9.10. The first-order chi connectivity index (χ1) is 7.81. The lowest BCUT2D eigenvalue weighted by atomic mass is 9.93. The van der Waals surface area contributed by atoms with Gasteiger partial charge in [-0.05, 0) is 28.8 Å². The number of allylic oxidation sites excluding steroid dienone is 1. The van der Waals surface area contributed by atoms with Gasteiger partial charge in [-0.3, -0.25) is 0 Å². The second kappa shape index (κ2) is 3.31. The fourth-order valence-corrected chi connectivity index (χ4v) is 2.52. The Morgan fingerprint density at radius 2 is 1.94 bits per heavy atom. The third kappa shape index (κ3) is 1.15. The van der Waals surface area contributed by atoms with E-state index in [4.69, 9.17) is 0 Å². The summed E-state index contributed by atoms with van der Waals surface area (Å²) < 4.78 is 0. The molecule has 0 radical (unpaired) electrons. The first-order valence-electron chi connectivity index (χ1n) is 5.46. The molecule has 0 N–H and O–H groups in total. The largest absolute Gasteiger partial charge is 0.302 e. The molecule has 3 rings (SSSR count). The van der Waals surface area contributed by atoms with E-state index in [-0.39, 0.29) is 5.92 Å². The Labute approximate surface area is 94.4 Å². The Hall–Kier alpha value is -1.89.